The normalized spacial score (nSPS) is 14.4. The van der Waals surface area contributed by atoms with Gasteiger partial charge >= 0.3 is 0 Å². The zero-order valence-corrected chi connectivity index (χ0v) is 18.0. The molecule has 0 unspecified atom stereocenters. The number of likely N-dealkylation sites (tertiary alicyclic amines) is 1. The molecule has 1 aromatic heterocycles. The number of sulfone groups is 1. The molecule has 0 N–H and O–H groups in total. The molecule has 1 saturated heterocycles. The Balaban J connectivity index is 1.49. The van der Waals surface area contributed by atoms with E-state index in [9.17, 15) is 13.2 Å². The highest BCUT2D eigenvalue weighted by molar-refractivity contribution is 7.92. The zero-order chi connectivity index (χ0) is 21.5. The van der Waals surface area contributed by atoms with Crippen LogP contribution >= 0.6 is 11.6 Å². The number of carbonyl (C=O) groups is 1. The topological polar surface area (TPSA) is 81.5 Å². The van der Waals surface area contributed by atoms with Crippen molar-refractivity contribution in [2.24, 2.45) is 7.05 Å². The number of aromatic nitrogens is 2. The fourth-order valence-electron chi connectivity index (χ4n) is 3.37. The number of benzene rings is 2. The third-order valence-electron chi connectivity index (χ3n) is 5.18. The molecule has 0 bridgehead atoms. The molecule has 30 heavy (non-hydrogen) atoms. The molecular formula is C21H20ClN3O4S. The maximum atomic E-state index is 12.9. The van der Waals surface area contributed by atoms with Gasteiger partial charge in [-0.15, -0.1) is 0 Å². The van der Waals surface area contributed by atoms with Gasteiger partial charge in [0, 0.05) is 30.7 Å². The highest BCUT2D eigenvalue weighted by Crippen LogP contribution is 2.28. The van der Waals surface area contributed by atoms with Gasteiger partial charge < -0.3 is 9.64 Å². The minimum atomic E-state index is -3.51. The first-order valence-electron chi connectivity index (χ1n) is 9.27. The van der Waals surface area contributed by atoms with Crippen LogP contribution in [0.1, 0.15) is 10.5 Å². The Labute approximate surface area is 179 Å². The van der Waals surface area contributed by atoms with Crippen LogP contribution in [0.2, 0.25) is 5.02 Å². The third kappa shape index (κ3) is 3.68. The van der Waals surface area contributed by atoms with Crippen molar-refractivity contribution in [1.82, 2.24) is 14.7 Å². The lowest BCUT2D eigenvalue weighted by Gasteiger charge is -2.38. The summed E-state index contributed by atoms with van der Waals surface area (Å²) >= 11 is 5.84. The Morgan fingerprint density at radius 3 is 2.50 bits per heavy atom. The predicted molar refractivity (Wildman–Crippen MR) is 114 cm³/mol. The summed E-state index contributed by atoms with van der Waals surface area (Å²) in [5.41, 5.74) is 1.87. The number of halogens is 1. The summed E-state index contributed by atoms with van der Waals surface area (Å²) in [5, 5.41) is 4.27. The fourth-order valence-corrected chi connectivity index (χ4v) is 5.15. The predicted octanol–water partition coefficient (Wildman–Crippen LogP) is 3.05. The van der Waals surface area contributed by atoms with Gasteiger partial charge in [-0.25, -0.2) is 8.42 Å². The van der Waals surface area contributed by atoms with E-state index >= 15 is 0 Å². The second kappa shape index (κ2) is 7.77. The lowest BCUT2D eigenvalue weighted by atomic mass is 10.1. The van der Waals surface area contributed by atoms with Gasteiger partial charge in [-0.05, 0) is 42.5 Å². The minimum absolute atomic E-state index is 0.142. The van der Waals surface area contributed by atoms with Crippen LogP contribution in [-0.4, -0.2) is 54.5 Å². The molecule has 9 heteroatoms. The maximum Gasteiger partial charge on any atom is 0.272 e. The molecule has 1 amide bonds. The molecule has 4 rings (SSSR count). The first-order valence-corrected chi connectivity index (χ1v) is 11.2. The molecular weight excluding hydrogens is 426 g/mol. The second-order valence-corrected chi connectivity index (χ2v) is 9.77. The molecule has 1 fully saturated rings. The van der Waals surface area contributed by atoms with E-state index in [1.165, 1.54) is 21.7 Å². The summed E-state index contributed by atoms with van der Waals surface area (Å²) < 4.78 is 32.2. The number of carbonyl (C=O) groups excluding carboxylic acids is 1. The number of hydrogen-bond donors (Lipinski definition) is 0. The van der Waals surface area contributed by atoms with E-state index in [2.05, 4.69) is 5.10 Å². The summed E-state index contributed by atoms with van der Waals surface area (Å²) in [5.74, 6) is 0.450. The Morgan fingerprint density at radius 1 is 1.13 bits per heavy atom. The summed E-state index contributed by atoms with van der Waals surface area (Å²) in [6.07, 6.45) is 0. The average molecular weight is 446 g/mol. The zero-order valence-electron chi connectivity index (χ0n) is 16.4. The summed E-state index contributed by atoms with van der Waals surface area (Å²) in [7, 11) is -0.231. The van der Waals surface area contributed by atoms with Crippen molar-refractivity contribution in [2.45, 2.75) is 10.1 Å². The van der Waals surface area contributed by atoms with Crippen LogP contribution in [0.4, 0.5) is 0 Å². The minimum Gasteiger partial charge on any atom is -0.497 e. The molecule has 7 nitrogen and oxygen atoms in total. The molecule has 0 atom stereocenters. The van der Waals surface area contributed by atoms with E-state index in [-0.39, 0.29) is 23.9 Å². The van der Waals surface area contributed by atoms with Crippen LogP contribution in [0.5, 0.6) is 5.75 Å². The van der Waals surface area contributed by atoms with Crippen molar-refractivity contribution in [3.8, 4) is 17.0 Å². The van der Waals surface area contributed by atoms with Gasteiger partial charge in [-0.1, -0.05) is 23.7 Å². The highest BCUT2D eigenvalue weighted by atomic mass is 35.5. The van der Waals surface area contributed by atoms with Crippen molar-refractivity contribution in [1.29, 1.82) is 0 Å². The third-order valence-corrected chi connectivity index (χ3v) is 7.54. The largest absolute Gasteiger partial charge is 0.497 e. The molecule has 156 valence electrons. The number of ether oxygens (including phenoxy) is 1. The van der Waals surface area contributed by atoms with E-state index in [0.717, 1.165) is 5.56 Å². The van der Waals surface area contributed by atoms with Gasteiger partial charge in [0.1, 0.15) is 16.7 Å². The molecule has 0 aliphatic carbocycles. The Bertz CT molecular complexity index is 1200. The molecule has 0 saturated carbocycles. The van der Waals surface area contributed by atoms with E-state index in [0.29, 0.717) is 22.2 Å². The number of aryl methyl sites for hydroxylation is 1. The van der Waals surface area contributed by atoms with E-state index in [4.69, 9.17) is 16.3 Å². The van der Waals surface area contributed by atoms with E-state index < -0.39 is 15.1 Å². The van der Waals surface area contributed by atoms with Crippen LogP contribution in [-0.2, 0) is 16.9 Å². The molecule has 0 spiro atoms. The maximum absolute atomic E-state index is 12.9. The number of hydrogen-bond acceptors (Lipinski definition) is 5. The number of nitrogens with zero attached hydrogens (tertiary/aromatic N) is 3. The quantitative estimate of drug-likeness (QED) is 0.603. The molecule has 0 radical (unpaired) electrons. The molecule has 2 heterocycles. The van der Waals surface area contributed by atoms with E-state index in [1.807, 2.05) is 24.3 Å². The summed E-state index contributed by atoms with van der Waals surface area (Å²) in [6.45, 7) is 0.285. The van der Waals surface area contributed by atoms with Crippen molar-refractivity contribution < 1.29 is 17.9 Å². The second-order valence-electron chi connectivity index (χ2n) is 7.10. The van der Waals surface area contributed by atoms with Gasteiger partial charge in [-0.3, -0.25) is 9.48 Å². The van der Waals surface area contributed by atoms with Crippen molar-refractivity contribution in [3.05, 3.63) is 65.3 Å². The fraction of sp³-hybridized carbons (Fsp3) is 0.238. The summed E-state index contributed by atoms with van der Waals surface area (Å²) in [6, 6.07) is 15.2. The van der Waals surface area contributed by atoms with Crippen LogP contribution in [0.3, 0.4) is 0 Å². The first-order chi connectivity index (χ1) is 14.3. The van der Waals surface area contributed by atoms with Gasteiger partial charge in [0.25, 0.3) is 5.91 Å². The Hall–Kier alpha value is -2.84. The van der Waals surface area contributed by atoms with Crippen LogP contribution in [0.25, 0.3) is 11.3 Å². The van der Waals surface area contributed by atoms with Crippen molar-refractivity contribution in [3.63, 3.8) is 0 Å². The van der Waals surface area contributed by atoms with Gasteiger partial charge in [-0.2, -0.15) is 5.10 Å². The average Bonchev–Trinajstić information content (AvgIpc) is 3.08. The van der Waals surface area contributed by atoms with Crippen molar-refractivity contribution in [2.75, 3.05) is 20.2 Å². The lowest BCUT2D eigenvalue weighted by Crippen LogP contribution is -2.57. The van der Waals surface area contributed by atoms with Crippen LogP contribution in [0, 0.1) is 0 Å². The van der Waals surface area contributed by atoms with Gasteiger partial charge in [0.15, 0.2) is 9.84 Å². The number of methoxy groups -OCH3 is 1. The van der Waals surface area contributed by atoms with Crippen molar-refractivity contribution >= 4 is 27.3 Å². The Morgan fingerprint density at radius 2 is 1.83 bits per heavy atom. The molecule has 3 aromatic rings. The lowest BCUT2D eigenvalue weighted by molar-refractivity contribution is 0.0647. The highest BCUT2D eigenvalue weighted by Gasteiger charge is 2.41. The Kier molecular flexibility index (Phi) is 5.29. The standard InChI is InChI=1S/C21H20ClN3O4S/c1-24-20(11-19(23-24)14-4-3-5-16(10-14)29-2)21(26)25-12-18(13-25)30(27,28)17-8-6-15(22)7-9-17/h3-11,18H,12-13H2,1-2H3. The summed E-state index contributed by atoms with van der Waals surface area (Å²) in [4.78, 5) is 14.6. The van der Waals surface area contributed by atoms with Gasteiger partial charge in [0.2, 0.25) is 0 Å². The van der Waals surface area contributed by atoms with Crippen LogP contribution < -0.4 is 4.74 Å². The molecule has 2 aromatic carbocycles. The smallest absolute Gasteiger partial charge is 0.272 e. The van der Waals surface area contributed by atoms with E-state index in [1.54, 1.807) is 32.4 Å². The monoisotopic (exact) mass is 445 g/mol. The van der Waals surface area contributed by atoms with Crippen LogP contribution in [0.15, 0.2) is 59.5 Å². The molecule has 1 aliphatic rings. The molecule has 1 aliphatic heterocycles. The first kappa shape index (κ1) is 20.4. The number of amides is 1. The number of rotatable bonds is 5. The SMILES string of the molecule is COc1cccc(-c2cc(C(=O)N3CC(S(=O)(=O)c4ccc(Cl)cc4)C3)n(C)n2)c1. The van der Waals surface area contributed by atoms with Gasteiger partial charge in [0.05, 0.1) is 17.7 Å².